The number of hydrogen-bond donors (Lipinski definition) is 0. The first-order valence-corrected chi connectivity index (χ1v) is 5.78. The van der Waals surface area contributed by atoms with Crippen LogP contribution in [0.15, 0.2) is 36.7 Å². The highest BCUT2D eigenvalue weighted by Crippen LogP contribution is 2.18. The molecule has 17 heavy (non-hydrogen) atoms. The van der Waals surface area contributed by atoms with Crippen molar-refractivity contribution in [2.45, 2.75) is 19.8 Å². The molecule has 2 aromatic rings. The van der Waals surface area contributed by atoms with Crippen molar-refractivity contribution < 1.29 is 9.53 Å². The fourth-order valence-corrected chi connectivity index (χ4v) is 1.88. The van der Waals surface area contributed by atoms with Crippen LogP contribution in [0.2, 0.25) is 0 Å². The number of nitrogens with zero attached hydrogens (tertiary/aromatic N) is 1. The van der Waals surface area contributed by atoms with Gasteiger partial charge in [-0.1, -0.05) is 18.2 Å². The van der Waals surface area contributed by atoms with Crippen molar-refractivity contribution in [3.63, 3.8) is 0 Å². The first-order chi connectivity index (χ1) is 8.31. The summed E-state index contributed by atoms with van der Waals surface area (Å²) in [6, 6.07) is 8.04. The molecule has 0 aliphatic carbocycles. The predicted octanol–water partition coefficient (Wildman–Crippen LogP) is 2.73. The SMILES string of the molecule is CCOC(=O)CCc1cccc2cnccc12. The molecule has 0 saturated carbocycles. The number of carbonyl (C=O) groups is 1. The van der Waals surface area contributed by atoms with Crippen LogP contribution in [0.5, 0.6) is 0 Å². The van der Waals surface area contributed by atoms with Gasteiger partial charge in [-0.15, -0.1) is 0 Å². The second-order valence-corrected chi connectivity index (χ2v) is 3.82. The summed E-state index contributed by atoms with van der Waals surface area (Å²) < 4.78 is 4.92. The predicted molar refractivity (Wildman–Crippen MR) is 66.7 cm³/mol. The highest BCUT2D eigenvalue weighted by molar-refractivity contribution is 5.85. The van der Waals surface area contributed by atoms with Gasteiger partial charge >= 0.3 is 5.97 Å². The summed E-state index contributed by atoms with van der Waals surface area (Å²) >= 11 is 0. The Morgan fingerprint density at radius 1 is 1.35 bits per heavy atom. The summed E-state index contributed by atoms with van der Waals surface area (Å²) in [6.45, 7) is 2.26. The number of carbonyl (C=O) groups excluding carboxylic acids is 1. The van der Waals surface area contributed by atoms with Crippen LogP contribution in [0, 0.1) is 0 Å². The van der Waals surface area contributed by atoms with Crippen LogP contribution < -0.4 is 0 Å². The number of fused-ring (bicyclic) bond motifs is 1. The van der Waals surface area contributed by atoms with E-state index in [1.54, 1.807) is 6.20 Å². The van der Waals surface area contributed by atoms with Gasteiger partial charge in [0.05, 0.1) is 6.61 Å². The van der Waals surface area contributed by atoms with E-state index in [9.17, 15) is 4.79 Å². The highest BCUT2D eigenvalue weighted by Gasteiger charge is 2.05. The average molecular weight is 229 g/mol. The van der Waals surface area contributed by atoms with E-state index in [-0.39, 0.29) is 5.97 Å². The average Bonchev–Trinajstić information content (AvgIpc) is 2.36. The Morgan fingerprint density at radius 2 is 2.24 bits per heavy atom. The second kappa shape index (κ2) is 5.43. The van der Waals surface area contributed by atoms with Gasteiger partial charge in [0.25, 0.3) is 0 Å². The lowest BCUT2D eigenvalue weighted by atomic mass is 10.0. The molecule has 0 aliphatic rings. The summed E-state index contributed by atoms with van der Waals surface area (Å²) in [5.41, 5.74) is 1.16. The largest absolute Gasteiger partial charge is 0.466 e. The minimum Gasteiger partial charge on any atom is -0.466 e. The molecule has 0 radical (unpaired) electrons. The number of aromatic nitrogens is 1. The van der Waals surface area contributed by atoms with Crippen molar-refractivity contribution in [1.82, 2.24) is 4.98 Å². The zero-order chi connectivity index (χ0) is 12.1. The van der Waals surface area contributed by atoms with Crippen LogP contribution in [0.25, 0.3) is 10.8 Å². The standard InChI is InChI=1S/C14H15NO2/c1-2-17-14(16)7-6-11-4-3-5-12-10-15-9-8-13(11)12/h3-5,8-10H,2,6-7H2,1H3. The Morgan fingerprint density at radius 3 is 3.06 bits per heavy atom. The molecule has 0 spiro atoms. The lowest BCUT2D eigenvalue weighted by Crippen LogP contribution is -2.05. The number of benzene rings is 1. The van der Waals surface area contributed by atoms with Gasteiger partial charge in [-0.2, -0.15) is 0 Å². The van der Waals surface area contributed by atoms with Crippen LogP contribution in [0.3, 0.4) is 0 Å². The minimum atomic E-state index is -0.140. The van der Waals surface area contributed by atoms with Crippen LogP contribution in [-0.4, -0.2) is 17.6 Å². The van der Waals surface area contributed by atoms with E-state index < -0.39 is 0 Å². The fourth-order valence-electron chi connectivity index (χ4n) is 1.88. The number of ether oxygens (including phenoxy) is 1. The number of rotatable bonds is 4. The van der Waals surface area contributed by atoms with Crippen LogP contribution >= 0.6 is 0 Å². The van der Waals surface area contributed by atoms with E-state index in [1.807, 2.05) is 37.4 Å². The maximum absolute atomic E-state index is 11.3. The third-order valence-electron chi connectivity index (χ3n) is 2.67. The molecule has 1 aromatic heterocycles. The molecule has 1 heterocycles. The van der Waals surface area contributed by atoms with Crippen molar-refractivity contribution in [3.8, 4) is 0 Å². The van der Waals surface area contributed by atoms with Crippen LogP contribution in [-0.2, 0) is 16.0 Å². The first kappa shape index (κ1) is 11.6. The molecule has 3 nitrogen and oxygen atoms in total. The molecule has 3 heteroatoms. The van der Waals surface area contributed by atoms with Gasteiger partial charge in [0.15, 0.2) is 0 Å². The van der Waals surface area contributed by atoms with Crippen molar-refractivity contribution in [2.75, 3.05) is 6.61 Å². The molecule has 0 amide bonds. The fraction of sp³-hybridized carbons (Fsp3) is 0.286. The van der Waals surface area contributed by atoms with Gasteiger partial charge < -0.3 is 4.74 Å². The number of hydrogen-bond acceptors (Lipinski definition) is 3. The molecule has 0 unspecified atom stereocenters. The number of aryl methyl sites for hydroxylation is 1. The summed E-state index contributed by atoms with van der Waals surface area (Å²) in [5, 5.41) is 2.26. The Hall–Kier alpha value is -1.90. The van der Waals surface area contributed by atoms with Gasteiger partial charge in [0, 0.05) is 24.2 Å². The van der Waals surface area contributed by atoms with Gasteiger partial charge in [-0.25, -0.2) is 0 Å². The van der Waals surface area contributed by atoms with E-state index in [1.165, 1.54) is 0 Å². The molecule has 0 aliphatic heterocycles. The Kier molecular flexibility index (Phi) is 3.70. The zero-order valence-corrected chi connectivity index (χ0v) is 9.85. The third-order valence-corrected chi connectivity index (χ3v) is 2.67. The smallest absolute Gasteiger partial charge is 0.306 e. The van der Waals surface area contributed by atoms with E-state index in [0.717, 1.165) is 16.3 Å². The first-order valence-electron chi connectivity index (χ1n) is 5.78. The summed E-state index contributed by atoms with van der Waals surface area (Å²) in [5.74, 6) is -0.140. The van der Waals surface area contributed by atoms with Gasteiger partial charge in [-0.3, -0.25) is 9.78 Å². The van der Waals surface area contributed by atoms with Crippen LogP contribution in [0.1, 0.15) is 18.9 Å². The maximum Gasteiger partial charge on any atom is 0.306 e. The summed E-state index contributed by atoms with van der Waals surface area (Å²) in [7, 11) is 0. The second-order valence-electron chi connectivity index (χ2n) is 3.82. The summed E-state index contributed by atoms with van der Waals surface area (Å²) in [6.07, 6.45) is 4.74. The molecular formula is C14H15NO2. The Bertz CT molecular complexity index is 517. The van der Waals surface area contributed by atoms with E-state index in [4.69, 9.17) is 4.74 Å². The Labute approximate surface area is 100 Å². The normalized spacial score (nSPS) is 10.4. The number of esters is 1. The van der Waals surface area contributed by atoms with E-state index in [2.05, 4.69) is 4.98 Å². The molecule has 0 bridgehead atoms. The molecule has 0 atom stereocenters. The maximum atomic E-state index is 11.3. The molecule has 2 rings (SSSR count). The molecular weight excluding hydrogens is 214 g/mol. The minimum absolute atomic E-state index is 0.140. The quantitative estimate of drug-likeness (QED) is 0.757. The van der Waals surface area contributed by atoms with E-state index in [0.29, 0.717) is 19.4 Å². The van der Waals surface area contributed by atoms with Crippen molar-refractivity contribution in [3.05, 3.63) is 42.2 Å². The van der Waals surface area contributed by atoms with Crippen molar-refractivity contribution in [1.29, 1.82) is 0 Å². The van der Waals surface area contributed by atoms with Crippen LogP contribution in [0.4, 0.5) is 0 Å². The van der Waals surface area contributed by atoms with Gasteiger partial charge in [-0.05, 0) is 30.4 Å². The molecule has 0 saturated heterocycles. The molecule has 0 fully saturated rings. The molecule has 0 N–H and O–H groups in total. The van der Waals surface area contributed by atoms with Crippen molar-refractivity contribution in [2.24, 2.45) is 0 Å². The monoisotopic (exact) mass is 229 g/mol. The molecule has 88 valence electrons. The lowest BCUT2D eigenvalue weighted by Gasteiger charge is -2.05. The van der Waals surface area contributed by atoms with Gasteiger partial charge in [0.1, 0.15) is 0 Å². The molecule has 1 aromatic carbocycles. The zero-order valence-electron chi connectivity index (χ0n) is 9.85. The van der Waals surface area contributed by atoms with Crippen molar-refractivity contribution >= 4 is 16.7 Å². The third kappa shape index (κ3) is 2.81. The topological polar surface area (TPSA) is 39.2 Å². The number of pyridine rings is 1. The summed E-state index contributed by atoms with van der Waals surface area (Å²) in [4.78, 5) is 15.4. The lowest BCUT2D eigenvalue weighted by molar-refractivity contribution is -0.143. The highest BCUT2D eigenvalue weighted by atomic mass is 16.5. The van der Waals surface area contributed by atoms with E-state index >= 15 is 0 Å². The van der Waals surface area contributed by atoms with Gasteiger partial charge in [0.2, 0.25) is 0 Å². The Balaban J connectivity index is 2.16.